The van der Waals surface area contributed by atoms with E-state index in [-0.39, 0.29) is 42.2 Å². The third-order valence-corrected chi connectivity index (χ3v) is 6.18. The normalized spacial score (nSPS) is 14.7. The van der Waals surface area contributed by atoms with Gasteiger partial charge in [-0.05, 0) is 43.5 Å². The number of H-pyrrole nitrogens is 1. The molecule has 0 fully saturated rings. The molecule has 29 heavy (non-hydrogen) atoms. The molecular formula is C21H24BrClN2O4. The third-order valence-electron chi connectivity index (χ3n) is 5.09. The Balaban J connectivity index is 1.92. The van der Waals surface area contributed by atoms with Crippen LogP contribution in [0, 0.1) is 19.8 Å². The molecule has 1 aliphatic heterocycles. The van der Waals surface area contributed by atoms with Crippen molar-refractivity contribution in [2.45, 2.75) is 33.7 Å². The van der Waals surface area contributed by atoms with Crippen LogP contribution in [0.3, 0.4) is 0 Å². The lowest BCUT2D eigenvalue weighted by Crippen LogP contribution is -2.39. The molecule has 0 bridgehead atoms. The predicted octanol–water partition coefficient (Wildman–Crippen LogP) is 3.61. The van der Waals surface area contributed by atoms with E-state index in [1.165, 1.54) is 0 Å². The van der Waals surface area contributed by atoms with Gasteiger partial charge in [-0.2, -0.15) is 0 Å². The maximum Gasteiger partial charge on any atom is 0.256 e. The van der Waals surface area contributed by atoms with Crippen LogP contribution in [-0.2, 0) is 13.0 Å². The Morgan fingerprint density at radius 3 is 2.72 bits per heavy atom. The summed E-state index contributed by atoms with van der Waals surface area (Å²) in [7, 11) is 0. The number of ether oxygens (including phenoxy) is 1. The fourth-order valence-electron chi connectivity index (χ4n) is 3.42. The predicted molar refractivity (Wildman–Crippen MR) is 116 cm³/mol. The van der Waals surface area contributed by atoms with Crippen molar-refractivity contribution < 1.29 is 14.6 Å². The topological polar surface area (TPSA) is 82.6 Å². The SMILES string of the molecule is Cc1cc(C)c(CN2CCc3c(Br)cc(OCC(C)CO)c(Cl)c3C2=O)c(=O)[nH]1. The number of rotatable bonds is 6. The summed E-state index contributed by atoms with van der Waals surface area (Å²) in [5, 5.41) is 9.46. The first-order valence-electron chi connectivity index (χ1n) is 9.46. The van der Waals surface area contributed by atoms with Gasteiger partial charge in [-0.15, -0.1) is 0 Å². The molecule has 1 aromatic heterocycles. The number of fused-ring (bicyclic) bond motifs is 1. The maximum atomic E-state index is 13.2. The van der Waals surface area contributed by atoms with Gasteiger partial charge < -0.3 is 19.7 Å². The standard InChI is InChI=1S/C21H24BrClN2O4/c1-11(9-26)10-29-17-7-16(22)14-4-5-25(21(28)18(14)19(17)23)8-15-12(2)6-13(3)24-20(15)27/h6-7,11,26H,4-5,8-10H2,1-3H3,(H,24,27). The van der Waals surface area contributed by atoms with Crippen molar-refractivity contribution in [2.24, 2.45) is 5.92 Å². The van der Waals surface area contributed by atoms with Crippen molar-refractivity contribution in [3.63, 3.8) is 0 Å². The fraction of sp³-hybridized carbons (Fsp3) is 0.429. The molecule has 8 heteroatoms. The van der Waals surface area contributed by atoms with E-state index in [0.717, 1.165) is 21.3 Å². The van der Waals surface area contributed by atoms with Gasteiger partial charge in [0.15, 0.2) is 0 Å². The molecule has 6 nitrogen and oxygen atoms in total. The van der Waals surface area contributed by atoms with Crippen molar-refractivity contribution in [1.29, 1.82) is 0 Å². The van der Waals surface area contributed by atoms with Crippen LogP contribution in [0.1, 0.15) is 39.7 Å². The number of carbonyl (C=O) groups is 1. The van der Waals surface area contributed by atoms with E-state index in [2.05, 4.69) is 20.9 Å². The minimum absolute atomic E-state index is 0.000878. The minimum atomic E-state index is -0.225. The largest absolute Gasteiger partial charge is 0.492 e. The van der Waals surface area contributed by atoms with Gasteiger partial charge >= 0.3 is 0 Å². The maximum absolute atomic E-state index is 13.2. The molecule has 0 radical (unpaired) electrons. The van der Waals surface area contributed by atoms with Crippen LogP contribution >= 0.6 is 27.5 Å². The van der Waals surface area contributed by atoms with Crippen LogP contribution < -0.4 is 10.3 Å². The van der Waals surface area contributed by atoms with E-state index >= 15 is 0 Å². The fourth-order valence-corrected chi connectivity index (χ4v) is 4.33. The number of aliphatic hydroxyl groups excluding tert-OH is 1. The summed E-state index contributed by atoms with van der Waals surface area (Å²) >= 11 is 10.1. The summed E-state index contributed by atoms with van der Waals surface area (Å²) in [5.41, 5.74) is 3.29. The molecular weight excluding hydrogens is 460 g/mol. The monoisotopic (exact) mass is 482 g/mol. The van der Waals surface area contributed by atoms with Gasteiger partial charge in [-0.1, -0.05) is 34.5 Å². The van der Waals surface area contributed by atoms with Gasteiger partial charge in [-0.3, -0.25) is 9.59 Å². The van der Waals surface area contributed by atoms with Crippen molar-refractivity contribution in [1.82, 2.24) is 9.88 Å². The van der Waals surface area contributed by atoms with E-state index in [9.17, 15) is 14.7 Å². The van der Waals surface area contributed by atoms with Crippen molar-refractivity contribution in [3.05, 3.63) is 59.9 Å². The molecule has 2 heterocycles. The van der Waals surface area contributed by atoms with E-state index in [0.29, 0.717) is 29.8 Å². The van der Waals surface area contributed by atoms with Crippen LogP contribution in [-0.4, -0.2) is 40.7 Å². The van der Waals surface area contributed by atoms with Crippen LogP contribution in [0.4, 0.5) is 0 Å². The van der Waals surface area contributed by atoms with E-state index in [4.69, 9.17) is 16.3 Å². The van der Waals surface area contributed by atoms with Gasteiger partial charge in [0.2, 0.25) is 0 Å². The number of pyridine rings is 1. The molecule has 1 aliphatic rings. The number of nitrogens with one attached hydrogen (secondary N) is 1. The summed E-state index contributed by atoms with van der Waals surface area (Å²) in [5.74, 6) is 0.124. The highest BCUT2D eigenvalue weighted by atomic mass is 79.9. The first-order valence-corrected chi connectivity index (χ1v) is 10.6. The number of hydrogen-bond acceptors (Lipinski definition) is 4. The molecule has 0 saturated heterocycles. The molecule has 0 saturated carbocycles. The number of aryl methyl sites for hydroxylation is 2. The summed E-state index contributed by atoms with van der Waals surface area (Å²) in [6, 6.07) is 3.67. The van der Waals surface area contributed by atoms with Crippen LogP contribution in [0.5, 0.6) is 5.75 Å². The first kappa shape index (κ1) is 21.9. The van der Waals surface area contributed by atoms with E-state index in [1.807, 2.05) is 26.8 Å². The van der Waals surface area contributed by atoms with E-state index < -0.39 is 0 Å². The molecule has 0 aliphatic carbocycles. The highest BCUT2D eigenvalue weighted by molar-refractivity contribution is 9.10. The number of aliphatic hydroxyl groups is 1. The molecule has 1 amide bonds. The minimum Gasteiger partial charge on any atom is -0.492 e. The number of aromatic amines is 1. The highest BCUT2D eigenvalue weighted by Crippen LogP contribution is 2.39. The summed E-state index contributed by atoms with van der Waals surface area (Å²) in [6.07, 6.45) is 0.623. The second kappa shape index (κ2) is 8.90. The zero-order valence-electron chi connectivity index (χ0n) is 16.6. The third kappa shape index (κ3) is 4.52. The van der Waals surface area contributed by atoms with Gasteiger partial charge in [0.05, 0.1) is 23.7 Å². The van der Waals surface area contributed by atoms with Crippen molar-refractivity contribution in [2.75, 3.05) is 19.8 Å². The van der Waals surface area contributed by atoms with Gasteiger partial charge in [-0.25, -0.2) is 0 Å². The van der Waals surface area contributed by atoms with Crippen LogP contribution in [0.15, 0.2) is 21.4 Å². The van der Waals surface area contributed by atoms with Gasteiger partial charge in [0, 0.05) is 34.8 Å². The first-order chi connectivity index (χ1) is 13.7. The van der Waals surface area contributed by atoms with Gasteiger partial charge in [0.25, 0.3) is 11.5 Å². The molecule has 0 spiro atoms. The molecule has 1 aromatic carbocycles. The molecule has 2 N–H and O–H groups in total. The Labute approximate surface area is 183 Å². The summed E-state index contributed by atoms with van der Waals surface area (Å²) in [6.45, 7) is 6.57. The highest BCUT2D eigenvalue weighted by Gasteiger charge is 2.31. The van der Waals surface area contributed by atoms with Gasteiger partial charge in [0.1, 0.15) is 5.75 Å². The number of carbonyl (C=O) groups excluding carboxylic acids is 1. The molecule has 2 aromatic rings. The second-order valence-electron chi connectivity index (χ2n) is 7.54. The lowest BCUT2D eigenvalue weighted by Gasteiger charge is -2.30. The Morgan fingerprint density at radius 2 is 2.07 bits per heavy atom. The van der Waals surface area contributed by atoms with Crippen molar-refractivity contribution >= 4 is 33.4 Å². The average molecular weight is 484 g/mol. The number of hydrogen-bond donors (Lipinski definition) is 2. The molecule has 156 valence electrons. The summed E-state index contributed by atoms with van der Waals surface area (Å²) < 4.78 is 6.51. The second-order valence-corrected chi connectivity index (χ2v) is 8.77. The van der Waals surface area contributed by atoms with Crippen molar-refractivity contribution in [3.8, 4) is 5.75 Å². The molecule has 3 rings (SSSR count). The summed E-state index contributed by atoms with van der Waals surface area (Å²) in [4.78, 5) is 30.1. The smallest absolute Gasteiger partial charge is 0.256 e. The number of nitrogens with zero attached hydrogens (tertiary/aromatic N) is 1. The number of amides is 1. The Kier molecular flexibility index (Phi) is 6.71. The zero-order valence-corrected chi connectivity index (χ0v) is 19.0. The Morgan fingerprint density at radius 1 is 1.34 bits per heavy atom. The molecule has 1 atom stereocenters. The lowest BCUT2D eigenvalue weighted by molar-refractivity contribution is 0.0725. The Bertz CT molecular complexity index is 1010. The molecule has 1 unspecified atom stereocenters. The number of halogens is 2. The number of benzene rings is 1. The van der Waals surface area contributed by atoms with Crippen LogP contribution in [0.25, 0.3) is 0 Å². The average Bonchev–Trinajstić information content (AvgIpc) is 2.66. The zero-order chi connectivity index (χ0) is 21.3. The Hall–Kier alpha value is -1.83. The lowest BCUT2D eigenvalue weighted by atomic mass is 9.97. The number of aromatic nitrogens is 1. The quantitative estimate of drug-likeness (QED) is 0.657. The van der Waals surface area contributed by atoms with E-state index in [1.54, 1.807) is 11.0 Å². The van der Waals surface area contributed by atoms with Crippen LogP contribution in [0.2, 0.25) is 5.02 Å².